The Morgan fingerprint density at radius 2 is 2.09 bits per heavy atom. The highest BCUT2D eigenvalue weighted by molar-refractivity contribution is 6.30. The molecule has 2 N–H and O–H groups in total. The van der Waals surface area contributed by atoms with Gasteiger partial charge in [0.15, 0.2) is 0 Å². The van der Waals surface area contributed by atoms with E-state index < -0.39 is 6.10 Å². The first-order chi connectivity index (χ1) is 10.6. The molecule has 0 aliphatic heterocycles. The number of halogens is 1. The first-order valence-electron chi connectivity index (χ1n) is 7.76. The van der Waals surface area contributed by atoms with E-state index in [-0.39, 0.29) is 12.1 Å². The van der Waals surface area contributed by atoms with Gasteiger partial charge in [0.05, 0.1) is 12.3 Å². The lowest BCUT2D eigenvalue weighted by Crippen LogP contribution is -2.36. The predicted octanol–water partition coefficient (Wildman–Crippen LogP) is 3.16. The zero-order valence-corrected chi connectivity index (χ0v) is 13.7. The molecule has 1 heterocycles. The Kier molecular flexibility index (Phi) is 4.52. The average Bonchev–Trinajstić information content (AvgIpc) is 2.90. The second-order valence-electron chi connectivity index (χ2n) is 6.07. The Labute approximate surface area is 136 Å². The molecule has 1 aromatic carbocycles. The van der Waals surface area contributed by atoms with Crippen molar-refractivity contribution in [3.05, 3.63) is 52.3 Å². The molecule has 22 heavy (non-hydrogen) atoms. The molecule has 0 amide bonds. The van der Waals surface area contributed by atoms with Crippen molar-refractivity contribution in [1.29, 1.82) is 0 Å². The maximum absolute atomic E-state index is 10.5. The number of fused-ring (bicyclic) bond motifs is 1. The van der Waals surface area contributed by atoms with Crippen LogP contribution in [0.2, 0.25) is 5.02 Å². The number of aromatic nitrogens is 2. The van der Waals surface area contributed by atoms with Gasteiger partial charge < -0.3 is 10.4 Å². The van der Waals surface area contributed by atoms with Crippen LogP contribution in [0.4, 0.5) is 0 Å². The van der Waals surface area contributed by atoms with Crippen LogP contribution < -0.4 is 5.32 Å². The second kappa shape index (κ2) is 6.41. The van der Waals surface area contributed by atoms with Crippen LogP contribution in [0, 0.1) is 0 Å². The Bertz CT molecular complexity index is 638. The summed E-state index contributed by atoms with van der Waals surface area (Å²) >= 11 is 5.90. The lowest BCUT2D eigenvalue weighted by molar-refractivity contribution is 0.127. The summed E-state index contributed by atoms with van der Waals surface area (Å²) in [5.41, 5.74) is 3.45. The molecule has 1 aliphatic rings. The Morgan fingerprint density at radius 1 is 1.36 bits per heavy atom. The maximum atomic E-state index is 10.5. The molecule has 4 nitrogen and oxygen atoms in total. The highest BCUT2D eigenvalue weighted by atomic mass is 35.5. The van der Waals surface area contributed by atoms with E-state index in [1.165, 1.54) is 11.3 Å². The van der Waals surface area contributed by atoms with Gasteiger partial charge in [-0.3, -0.25) is 4.68 Å². The zero-order valence-electron chi connectivity index (χ0n) is 13.0. The quantitative estimate of drug-likeness (QED) is 0.910. The highest BCUT2D eigenvalue weighted by Gasteiger charge is 2.26. The van der Waals surface area contributed by atoms with Gasteiger partial charge in [-0.1, -0.05) is 23.7 Å². The van der Waals surface area contributed by atoms with Gasteiger partial charge in [-0.2, -0.15) is 5.10 Å². The molecule has 0 saturated heterocycles. The molecule has 0 fully saturated rings. The molecule has 2 aromatic rings. The average molecular weight is 320 g/mol. The smallest absolute Gasteiger partial charge is 0.0940 e. The molecular formula is C17H22ClN3O. The van der Waals surface area contributed by atoms with Crippen molar-refractivity contribution in [3.8, 4) is 0 Å². The fourth-order valence-electron chi connectivity index (χ4n) is 3.24. The van der Waals surface area contributed by atoms with E-state index >= 15 is 0 Å². The van der Waals surface area contributed by atoms with Crippen LogP contribution in [0.1, 0.15) is 48.7 Å². The third-order valence-corrected chi connectivity index (χ3v) is 4.78. The van der Waals surface area contributed by atoms with Crippen molar-refractivity contribution in [2.75, 3.05) is 0 Å². The summed E-state index contributed by atoms with van der Waals surface area (Å²) in [5, 5.41) is 19.2. The standard InChI is InChI=1S/C17H22ClN3O/c1-11(17(22)12-6-8-13(18)9-7-12)20-15-4-3-5-16-14(15)10-19-21(16)2/h6-11,15,17,20,22H,3-5H2,1-2H3. The van der Waals surface area contributed by atoms with E-state index in [2.05, 4.69) is 10.4 Å². The van der Waals surface area contributed by atoms with Gasteiger partial charge in [0.25, 0.3) is 0 Å². The van der Waals surface area contributed by atoms with E-state index in [4.69, 9.17) is 11.6 Å². The number of hydrogen-bond acceptors (Lipinski definition) is 3. The summed E-state index contributed by atoms with van der Waals surface area (Å²) in [6.07, 6.45) is 4.70. The molecule has 5 heteroatoms. The van der Waals surface area contributed by atoms with Crippen LogP contribution in [0.5, 0.6) is 0 Å². The van der Waals surface area contributed by atoms with Gasteiger partial charge >= 0.3 is 0 Å². The van der Waals surface area contributed by atoms with Crippen LogP contribution in [-0.4, -0.2) is 20.9 Å². The Hall–Kier alpha value is -1.36. The molecule has 3 unspecified atom stereocenters. The van der Waals surface area contributed by atoms with E-state index in [1.54, 1.807) is 0 Å². The number of hydrogen-bond donors (Lipinski definition) is 2. The monoisotopic (exact) mass is 319 g/mol. The maximum Gasteiger partial charge on any atom is 0.0940 e. The normalized spacial score (nSPS) is 20.5. The lowest BCUT2D eigenvalue weighted by atomic mass is 9.91. The topological polar surface area (TPSA) is 50.1 Å². The predicted molar refractivity (Wildman–Crippen MR) is 87.9 cm³/mol. The summed E-state index contributed by atoms with van der Waals surface area (Å²) in [5.74, 6) is 0. The highest BCUT2D eigenvalue weighted by Crippen LogP contribution is 2.31. The van der Waals surface area contributed by atoms with Gasteiger partial charge in [-0.25, -0.2) is 0 Å². The summed E-state index contributed by atoms with van der Waals surface area (Å²) in [7, 11) is 1.99. The van der Waals surface area contributed by atoms with Gasteiger partial charge in [0, 0.05) is 35.4 Å². The van der Waals surface area contributed by atoms with Crippen LogP contribution in [0.25, 0.3) is 0 Å². The molecule has 0 saturated carbocycles. The van der Waals surface area contributed by atoms with Crippen molar-refractivity contribution in [1.82, 2.24) is 15.1 Å². The SMILES string of the molecule is CC(NC1CCCc2c1cnn2C)C(O)c1ccc(Cl)cc1. The van der Waals surface area contributed by atoms with Crippen LogP contribution in [0.15, 0.2) is 30.5 Å². The number of aliphatic hydroxyl groups is 1. The molecule has 3 atom stereocenters. The van der Waals surface area contributed by atoms with Crippen molar-refractivity contribution in [2.24, 2.45) is 7.05 Å². The van der Waals surface area contributed by atoms with Crippen molar-refractivity contribution in [2.45, 2.75) is 44.4 Å². The molecule has 118 valence electrons. The minimum absolute atomic E-state index is 0.0441. The second-order valence-corrected chi connectivity index (χ2v) is 6.50. The summed E-state index contributed by atoms with van der Waals surface area (Å²) in [6.45, 7) is 2.02. The van der Waals surface area contributed by atoms with Crippen molar-refractivity contribution >= 4 is 11.6 Å². The van der Waals surface area contributed by atoms with E-state index in [1.807, 2.05) is 49.1 Å². The number of benzene rings is 1. The third-order valence-electron chi connectivity index (χ3n) is 4.52. The molecule has 0 radical (unpaired) electrons. The Balaban J connectivity index is 1.72. The zero-order chi connectivity index (χ0) is 15.7. The number of aryl methyl sites for hydroxylation is 1. The number of nitrogens with one attached hydrogen (secondary N) is 1. The van der Waals surface area contributed by atoms with Crippen LogP contribution >= 0.6 is 11.6 Å². The van der Waals surface area contributed by atoms with Gasteiger partial charge in [0.2, 0.25) is 0 Å². The first-order valence-corrected chi connectivity index (χ1v) is 8.14. The van der Waals surface area contributed by atoms with Gasteiger partial charge in [-0.15, -0.1) is 0 Å². The van der Waals surface area contributed by atoms with Crippen molar-refractivity contribution in [3.63, 3.8) is 0 Å². The lowest BCUT2D eigenvalue weighted by Gasteiger charge is -2.29. The largest absolute Gasteiger partial charge is 0.387 e. The first kappa shape index (κ1) is 15.5. The molecule has 1 aromatic heterocycles. The number of aliphatic hydroxyl groups excluding tert-OH is 1. The number of nitrogens with zero attached hydrogens (tertiary/aromatic N) is 2. The van der Waals surface area contributed by atoms with Gasteiger partial charge in [-0.05, 0) is 43.9 Å². The minimum Gasteiger partial charge on any atom is -0.387 e. The molecule has 1 aliphatic carbocycles. The molecular weight excluding hydrogens is 298 g/mol. The van der Waals surface area contributed by atoms with E-state index in [0.717, 1.165) is 24.8 Å². The summed E-state index contributed by atoms with van der Waals surface area (Å²) < 4.78 is 1.96. The molecule has 0 spiro atoms. The number of rotatable bonds is 4. The van der Waals surface area contributed by atoms with Crippen LogP contribution in [-0.2, 0) is 13.5 Å². The fraction of sp³-hybridized carbons (Fsp3) is 0.471. The summed E-state index contributed by atoms with van der Waals surface area (Å²) in [6, 6.07) is 7.59. The summed E-state index contributed by atoms with van der Waals surface area (Å²) in [4.78, 5) is 0. The fourth-order valence-corrected chi connectivity index (χ4v) is 3.36. The van der Waals surface area contributed by atoms with Gasteiger partial charge in [0.1, 0.15) is 0 Å². The molecule has 0 bridgehead atoms. The molecule has 3 rings (SSSR count). The minimum atomic E-state index is -0.556. The van der Waals surface area contributed by atoms with Crippen molar-refractivity contribution < 1.29 is 5.11 Å². The van der Waals surface area contributed by atoms with Crippen LogP contribution in [0.3, 0.4) is 0 Å². The van der Waals surface area contributed by atoms with E-state index in [0.29, 0.717) is 5.02 Å². The van der Waals surface area contributed by atoms with E-state index in [9.17, 15) is 5.11 Å². The third kappa shape index (κ3) is 3.05. The Morgan fingerprint density at radius 3 is 2.82 bits per heavy atom.